The van der Waals surface area contributed by atoms with Crippen molar-refractivity contribution in [3.63, 3.8) is 0 Å². The largest absolute Gasteiger partial charge is 0.373 e. The van der Waals surface area contributed by atoms with E-state index in [4.69, 9.17) is 34.5 Å². The highest BCUT2D eigenvalue weighted by Gasteiger charge is 2.24. The van der Waals surface area contributed by atoms with Crippen LogP contribution in [0.1, 0.15) is 76.2 Å². The molecule has 14 heteroatoms. The molecule has 288 valence electrons. The fourth-order valence-electron chi connectivity index (χ4n) is 5.59. The molecule has 1 aromatic carbocycles. The Balaban J connectivity index is 2.47. The highest BCUT2D eigenvalue weighted by atomic mass is 35.5. The molecule has 3 amide bonds. The topological polar surface area (TPSA) is 207 Å². The van der Waals surface area contributed by atoms with Crippen LogP contribution in [0.15, 0.2) is 24.3 Å². The van der Waals surface area contributed by atoms with E-state index >= 15 is 0 Å². The number of hydrogen-bond acceptors (Lipinski definition) is 9. The molecule has 3 atom stereocenters. The van der Waals surface area contributed by atoms with Crippen molar-refractivity contribution < 1.29 is 18.9 Å². The van der Waals surface area contributed by atoms with Gasteiger partial charge in [0.15, 0.2) is 0 Å². The first-order valence-electron chi connectivity index (χ1n) is 18.6. The molecular weight excluding hydrogens is 656 g/mol. The van der Waals surface area contributed by atoms with Crippen molar-refractivity contribution in [1.29, 1.82) is 0 Å². The third-order valence-electron chi connectivity index (χ3n) is 8.95. The zero-order chi connectivity index (χ0) is 37.2. The van der Waals surface area contributed by atoms with E-state index in [1.54, 1.807) is 0 Å². The Labute approximate surface area is 306 Å². The molecule has 50 heavy (non-hydrogen) atoms. The van der Waals surface area contributed by atoms with Crippen molar-refractivity contribution in [2.45, 2.75) is 95.3 Å². The van der Waals surface area contributed by atoms with E-state index in [0.717, 1.165) is 81.4 Å². The number of nitrogens with zero attached hydrogens (tertiary/aromatic N) is 2. The summed E-state index contributed by atoms with van der Waals surface area (Å²) >= 11 is 5.85. The molecule has 1 aromatic rings. The quantitative estimate of drug-likeness (QED) is 0.0324. The number of rotatable bonds is 30. The van der Waals surface area contributed by atoms with Gasteiger partial charge in [-0.25, -0.2) is 0 Å². The van der Waals surface area contributed by atoms with Gasteiger partial charge in [-0.1, -0.05) is 25.0 Å². The number of nitrogens with two attached hydrogens (primary N) is 4. The minimum Gasteiger partial charge on any atom is -0.373 e. The molecule has 0 aliphatic carbocycles. The van der Waals surface area contributed by atoms with Gasteiger partial charge in [0, 0.05) is 64.2 Å². The van der Waals surface area contributed by atoms with Crippen LogP contribution < -0.4 is 49.1 Å². The summed E-state index contributed by atoms with van der Waals surface area (Å²) in [7, 11) is 6.46. The lowest BCUT2D eigenvalue weighted by molar-refractivity contribution is -0.890. The highest BCUT2D eigenvalue weighted by molar-refractivity contribution is 6.18. The van der Waals surface area contributed by atoms with Gasteiger partial charge in [-0.3, -0.25) is 14.4 Å². The first kappa shape index (κ1) is 45.5. The van der Waals surface area contributed by atoms with Crippen molar-refractivity contribution in [1.82, 2.24) is 21.3 Å². The van der Waals surface area contributed by atoms with E-state index in [9.17, 15) is 14.4 Å². The molecule has 0 aliphatic heterocycles. The smallest absolute Gasteiger partial charge is 0.242 e. The van der Waals surface area contributed by atoms with Crippen molar-refractivity contribution >= 4 is 35.0 Å². The number of alkyl halides is 1. The Hall–Kier alpha value is -2.52. The van der Waals surface area contributed by atoms with E-state index in [1.807, 2.05) is 7.05 Å². The van der Waals surface area contributed by atoms with Gasteiger partial charge in [0.25, 0.3) is 0 Å². The summed E-state index contributed by atoms with van der Waals surface area (Å²) in [6.45, 7) is 6.59. The molecule has 1 rings (SSSR count). The van der Waals surface area contributed by atoms with Gasteiger partial charge in [-0.05, 0) is 75.7 Å². The molecule has 0 saturated heterocycles. The number of carbonyl (C=O) groups excluding carboxylic acids is 3. The van der Waals surface area contributed by atoms with E-state index in [-0.39, 0.29) is 17.7 Å². The zero-order valence-electron chi connectivity index (χ0n) is 31.2. The number of unbranched alkanes of at least 4 members (excludes halogenated alkanes) is 3. The Morgan fingerprint density at radius 2 is 1.28 bits per heavy atom. The van der Waals surface area contributed by atoms with Crippen LogP contribution >= 0.6 is 11.6 Å². The minimum absolute atomic E-state index is 0.182. The Kier molecular flexibility index (Phi) is 24.7. The predicted octanol–water partition coefficient (Wildman–Crippen LogP) is 1.11. The van der Waals surface area contributed by atoms with Crippen molar-refractivity contribution in [3.8, 4) is 0 Å². The standard InChI is InChI=1S/C36H69ClN10O3/c1-46(25-19-37)30-17-15-29(16-18-30)28-42-22-10-26-47(2,3)27-11-24-44-36(50)33(45-35(49)32(41)13-5-8-21-39)14-6-9-23-43-34(48)31(40)12-4-7-20-38/h15-18,31-33,42H,4-14,19-28,38-41H2,1-3H3,(H2-,43,44,45,48,49,50)/p+1. The SMILES string of the molecule is CN(CCCl)c1ccc(CNCCC[N+](C)(C)CCCNC(=O)C(CCCCNC(=O)C(N)CCCCN)NC(=O)C(N)CCCCN)cc1. The molecule has 0 heterocycles. The van der Waals surface area contributed by atoms with E-state index in [1.165, 1.54) is 5.56 Å². The highest BCUT2D eigenvalue weighted by Crippen LogP contribution is 2.14. The van der Waals surface area contributed by atoms with E-state index < -0.39 is 18.1 Å². The Bertz CT molecular complexity index is 1060. The van der Waals surface area contributed by atoms with Crippen LogP contribution in [0, 0.1) is 0 Å². The molecule has 0 fully saturated rings. The van der Waals surface area contributed by atoms with Crippen LogP contribution in [0.2, 0.25) is 0 Å². The number of nitrogens with one attached hydrogen (secondary N) is 4. The second-order valence-corrected chi connectivity index (χ2v) is 14.3. The molecule has 0 radical (unpaired) electrons. The maximum Gasteiger partial charge on any atom is 0.242 e. The normalized spacial score (nSPS) is 13.4. The molecule has 0 aromatic heterocycles. The van der Waals surface area contributed by atoms with Crippen molar-refractivity contribution in [3.05, 3.63) is 29.8 Å². The Morgan fingerprint density at radius 3 is 1.88 bits per heavy atom. The fourth-order valence-corrected chi connectivity index (χ4v) is 5.84. The third-order valence-corrected chi connectivity index (χ3v) is 9.12. The molecule has 0 saturated carbocycles. The lowest BCUT2D eigenvalue weighted by atomic mass is 10.1. The van der Waals surface area contributed by atoms with Gasteiger partial charge in [-0.15, -0.1) is 11.6 Å². The van der Waals surface area contributed by atoms with Crippen LogP contribution in [-0.4, -0.2) is 120 Å². The number of carbonyl (C=O) groups is 3. The lowest BCUT2D eigenvalue weighted by Crippen LogP contribution is -2.52. The third kappa shape index (κ3) is 21.0. The molecule has 3 unspecified atom stereocenters. The predicted molar refractivity (Wildman–Crippen MR) is 207 cm³/mol. The average Bonchev–Trinajstić information content (AvgIpc) is 3.09. The second kappa shape index (κ2) is 27.2. The van der Waals surface area contributed by atoms with Gasteiger partial charge in [0.1, 0.15) is 6.04 Å². The number of hydrogen-bond donors (Lipinski definition) is 8. The second-order valence-electron chi connectivity index (χ2n) is 14.0. The molecule has 0 aliphatic rings. The molecular formula is C36H70ClN10O3+. The summed E-state index contributed by atoms with van der Waals surface area (Å²) in [4.78, 5) is 40.4. The maximum atomic E-state index is 13.2. The van der Waals surface area contributed by atoms with Crippen LogP contribution in [0.4, 0.5) is 5.69 Å². The maximum absolute atomic E-state index is 13.2. The fraction of sp³-hybridized carbons (Fsp3) is 0.750. The average molecular weight is 726 g/mol. The molecule has 0 spiro atoms. The summed E-state index contributed by atoms with van der Waals surface area (Å²) in [6.07, 6.45) is 7.89. The number of benzene rings is 1. The Morgan fingerprint density at radius 1 is 0.740 bits per heavy atom. The summed E-state index contributed by atoms with van der Waals surface area (Å²) in [6, 6.07) is 6.61. The molecule has 12 N–H and O–H groups in total. The molecule has 13 nitrogen and oxygen atoms in total. The monoisotopic (exact) mass is 726 g/mol. The van der Waals surface area contributed by atoms with Crippen LogP contribution in [0.3, 0.4) is 0 Å². The number of halogens is 1. The zero-order valence-corrected chi connectivity index (χ0v) is 32.0. The number of anilines is 1. The van der Waals surface area contributed by atoms with Crippen LogP contribution in [0.25, 0.3) is 0 Å². The van der Waals surface area contributed by atoms with Gasteiger partial charge in [0.2, 0.25) is 17.7 Å². The minimum atomic E-state index is -0.700. The number of quaternary nitrogens is 1. The summed E-state index contributed by atoms with van der Waals surface area (Å²) < 4.78 is 0.847. The summed E-state index contributed by atoms with van der Waals surface area (Å²) in [5, 5.41) is 12.3. The lowest BCUT2D eigenvalue weighted by Gasteiger charge is -2.30. The molecule has 0 bridgehead atoms. The first-order chi connectivity index (χ1) is 23.9. The van der Waals surface area contributed by atoms with Gasteiger partial charge >= 0.3 is 0 Å². The van der Waals surface area contributed by atoms with Gasteiger partial charge in [-0.2, -0.15) is 0 Å². The van der Waals surface area contributed by atoms with Crippen LogP contribution in [-0.2, 0) is 20.9 Å². The van der Waals surface area contributed by atoms with Crippen molar-refractivity contribution in [2.75, 3.05) is 84.3 Å². The number of amides is 3. The van der Waals surface area contributed by atoms with Gasteiger partial charge in [0.05, 0.1) is 39.3 Å². The van der Waals surface area contributed by atoms with E-state index in [0.29, 0.717) is 64.2 Å². The van der Waals surface area contributed by atoms with Gasteiger partial charge < -0.3 is 53.6 Å². The van der Waals surface area contributed by atoms with E-state index in [2.05, 4.69) is 64.5 Å². The first-order valence-corrected chi connectivity index (χ1v) is 19.1. The van der Waals surface area contributed by atoms with Crippen molar-refractivity contribution in [2.24, 2.45) is 22.9 Å². The summed E-state index contributed by atoms with van der Waals surface area (Å²) in [5.74, 6) is -0.129. The van der Waals surface area contributed by atoms with Crippen LogP contribution in [0.5, 0.6) is 0 Å². The summed E-state index contributed by atoms with van der Waals surface area (Å²) in [5.41, 5.74) is 25.6.